The van der Waals surface area contributed by atoms with Crippen LogP contribution < -0.4 is 0 Å². The molecule has 4 nitrogen and oxygen atoms in total. The number of para-hydroxylation sites is 1. The van der Waals surface area contributed by atoms with Crippen molar-refractivity contribution in [1.82, 2.24) is 4.57 Å². The number of carboxylic acids is 1. The largest absolute Gasteiger partial charge is 0.481 e. The van der Waals surface area contributed by atoms with Gasteiger partial charge in [0.15, 0.2) is 0 Å². The zero-order valence-corrected chi connectivity index (χ0v) is 10.2. The van der Waals surface area contributed by atoms with E-state index in [9.17, 15) is 4.79 Å². The van der Waals surface area contributed by atoms with Crippen LogP contribution >= 0.6 is 0 Å². The van der Waals surface area contributed by atoms with Crippen LogP contribution in [0, 0.1) is 0 Å². The molecule has 3 rings (SSSR count). The molecule has 1 aliphatic rings. The fourth-order valence-electron chi connectivity index (χ4n) is 2.66. The Morgan fingerprint density at radius 3 is 3.06 bits per heavy atom. The first-order valence-corrected chi connectivity index (χ1v) is 6.10. The summed E-state index contributed by atoms with van der Waals surface area (Å²) in [6, 6.07) is 10.1. The van der Waals surface area contributed by atoms with Crippen LogP contribution in [0.5, 0.6) is 0 Å². The topological polar surface area (TPSA) is 51.5 Å². The van der Waals surface area contributed by atoms with Crippen LogP contribution in [-0.4, -0.2) is 21.7 Å². The Hall–Kier alpha value is -1.81. The smallest absolute Gasteiger partial charge is 0.306 e. The van der Waals surface area contributed by atoms with E-state index in [1.54, 1.807) is 0 Å². The Labute approximate surface area is 105 Å². The van der Waals surface area contributed by atoms with Crippen LogP contribution in [0.4, 0.5) is 0 Å². The van der Waals surface area contributed by atoms with Gasteiger partial charge in [0.05, 0.1) is 12.5 Å². The van der Waals surface area contributed by atoms with Gasteiger partial charge >= 0.3 is 5.97 Å². The second kappa shape index (κ2) is 4.14. The summed E-state index contributed by atoms with van der Waals surface area (Å²) in [6.45, 7) is 2.76. The summed E-state index contributed by atoms with van der Waals surface area (Å²) in [5.41, 5.74) is 2.12. The number of ether oxygens (including phenoxy) is 1. The van der Waals surface area contributed by atoms with Crippen molar-refractivity contribution in [3.63, 3.8) is 0 Å². The molecule has 0 spiro atoms. The van der Waals surface area contributed by atoms with Crippen LogP contribution in [0.2, 0.25) is 0 Å². The number of carbonyl (C=O) groups is 1. The van der Waals surface area contributed by atoms with Gasteiger partial charge in [-0.15, -0.1) is 0 Å². The quantitative estimate of drug-likeness (QED) is 0.884. The van der Waals surface area contributed by atoms with Crippen molar-refractivity contribution in [2.24, 2.45) is 0 Å². The average molecular weight is 245 g/mol. The van der Waals surface area contributed by atoms with Gasteiger partial charge in [-0.05, 0) is 24.4 Å². The maximum absolute atomic E-state index is 10.9. The van der Waals surface area contributed by atoms with Crippen molar-refractivity contribution in [3.8, 4) is 0 Å². The fraction of sp³-hybridized carbons (Fsp3) is 0.357. The summed E-state index contributed by atoms with van der Waals surface area (Å²) in [7, 11) is 0. The molecule has 1 N–H and O–H groups in total. The molecule has 0 aliphatic carbocycles. The molecular formula is C14H15NO3. The molecule has 2 atom stereocenters. The van der Waals surface area contributed by atoms with Crippen LogP contribution in [0.1, 0.15) is 25.1 Å². The maximum atomic E-state index is 10.9. The van der Waals surface area contributed by atoms with E-state index >= 15 is 0 Å². The fourth-order valence-corrected chi connectivity index (χ4v) is 2.66. The molecule has 1 aliphatic heterocycles. The molecule has 2 heterocycles. The minimum atomic E-state index is -0.828. The first kappa shape index (κ1) is 11.3. The second-order valence-corrected chi connectivity index (χ2v) is 4.77. The van der Waals surface area contributed by atoms with Crippen LogP contribution in [0.3, 0.4) is 0 Å². The number of fused-ring (bicyclic) bond motifs is 3. The predicted molar refractivity (Wildman–Crippen MR) is 67.5 cm³/mol. The number of nitrogens with zero attached hydrogens (tertiary/aromatic N) is 1. The lowest BCUT2D eigenvalue weighted by atomic mass is 10.1. The van der Waals surface area contributed by atoms with Crippen molar-refractivity contribution in [2.45, 2.75) is 32.1 Å². The molecule has 1 aromatic carbocycles. The summed E-state index contributed by atoms with van der Waals surface area (Å²) in [5.74, 6) is -0.828. The normalized spacial score (nSPS) is 22.9. The van der Waals surface area contributed by atoms with E-state index < -0.39 is 5.97 Å². The highest BCUT2D eigenvalue weighted by Gasteiger charge is 2.28. The highest BCUT2D eigenvalue weighted by atomic mass is 16.5. The van der Waals surface area contributed by atoms with E-state index in [0.29, 0.717) is 0 Å². The lowest BCUT2D eigenvalue weighted by Gasteiger charge is -2.29. The standard InChI is InChI=1S/C14H15NO3/c1-9-8-15-11-5-3-2-4-10(11)6-12(15)13(18-9)7-14(16)17/h2-6,9,13H,7-8H2,1H3,(H,16,17)/t9-,13+/m0/s1. The monoisotopic (exact) mass is 245 g/mol. The number of aliphatic carboxylic acids is 1. The Kier molecular flexibility index (Phi) is 2.59. The molecule has 2 aromatic rings. The minimum absolute atomic E-state index is 0.0145. The van der Waals surface area contributed by atoms with E-state index in [0.717, 1.165) is 23.1 Å². The average Bonchev–Trinajstić information content (AvgIpc) is 2.67. The Bertz CT molecular complexity index is 602. The Morgan fingerprint density at radius 2 is 2.28 bits per heavy atom. The van der Waals surface area contributed by atoms with Gasteiger partial charge in [-0.3, -0.25) is 4.79 Å². The molecular weight excluding hydrogens is 230 g/mol. The summed E-state index contributed by atoms with van der Waals surface area (Å²) in [6.07, 6.45) is -0.294. The van der Waals surface area contributed by atoms with E-state index in [4.69, 9.17) is 9.84 Å². The molecule has 0 saturated heterocycles. The van der Waals surface area contributed by atoms with E-state index in [2.05, 4.69) is 10.6 Å². The highest BCUT2D eigenvalue weighted by molar-refractivity contribution is 5.81. The van der Waals surface area contributed by atoms with Crippen molar-refractivity contribution in [1.29, 1.82) is 0 Å². The number of carboxylic acid groups (broad SMARTS) is 1. The molecule has 4 heteroatoms. The Balaban J connectivity index is 2.12. The van der Waals surface area contributed by atoms with Gasteiger partial charge in [-0.25, -0.2) is 0 Å². The third-order valence-corrected chi connectivity index (χ3v) is 3.37. The number of rotatable bonds is 2. The molecule has 1 aromatic heterocycles. The molecule has 94 valence electrons. The highest BCUT2D eigenvalue weighted by Crippen LogP contribution is 2.33. The molecule has 0 fully saturated rings. The van der Waals surface area contributed by atoms with Gasteiger partial charge in [0, 0.05) is 17.8 Å². The minimum Gasteiger partial charge on any atom is -0.481 e. The molecule has 0 saturated carbocycles. The van der Waals surface area contributed by atoms with Crippen LogP contribution in [0.25, 0.3) is 10.9 Å². The van der Waals surface area contributed by atoms with Crippen LogP contribution in [0.15, 0.2) is 30.3 Å². The molecule has 0 radical (unpaired) electrons. The number of aromatic nitrogens is 1. The molecule has 0 unspecified atom stereocenters. The van der Waals surface area contributed by atoms with Gasteiger partial charge in [-0.1, -0.05) is 18.2 Å². The zero-order chi connectivity index (χ0) is 12.7. The van der Waals surface area contributed by atoms with Gasteiger partial charge in [-0.2, -0.15) is 0 Å². The first-order valence-electron chi connectivity index (χ1n) is 6.10. The van der Waals surface area contributed by atoms with Gasteiger partial charge in [0.2, 0.25) is 0 Å². The first-order chi connectivity index (χ1) is 8.65. The van der Waals surface area contributed by atoms with Crippen molar-refractivity contribution >= 4 is 16.9 Å². The summed E-state index contributed by atoms with van der Waals surface area (Å²) in [5, 5.41) is 10.1. The number of hydrogen-bond donors (Lipinski definition) is 1. The molecule has 0 amide bonds. The van der Waals surface area contributed by atoms with Crippen LogP contribution in [-0.2, 0) is 16.1 Å². The van der Waals surface area contributed by atoms with Gasteiger partial charge in [0.25, 0.3) is 0 Å². The SMILES string of the molecule is C[C@H]1Cn2c(cc3ccccc32)[C@@H](CC(=O)O)O1. The lowest BCUT2D eigenvalue weighted by molar-refractivity contribution is -0.142. The van der Waals surface area contributed by atoms with E-state index in [1.165, 1.54) is 0 Å². The Morgan fingerprint density at radius 1 is 1.50 bits per heavy atom. The van der Waals surface area contributed by atoms with Crippen molar-refractivity contribution in [2.75, 3.05) is 0 Å². The summed E-state index contributed by atoms with van der Waals surface area (Å²) < 4.78 is 7.93. The third-order valence-electron chi connectivity index (χ3n) is 3.37. The zero-order valence-electron chi connectivity index (χ0n) is 10.2. The predicted octanol–water partition coefficient (Wildman–Crippen LogP) is 2.58. The van der Waals surface area contributed by atoms with Gasteiger partial charge < -0.3 is 14.4 Å². The lowest BCUT2D eigenvalue weighted by Crippen LogP contribution is -2.29. The van der Waals surface area contributed by atoms with E-state index in [1.807, 2.05) is 31.2 Å². The maximum Gasteiger partial charge on any atom is 0.306 e. The summed E-state index contributed by atoms with van der Waals surface area (Å²) in [4.78, 5) is 10.9. The molecule has 18 heavy (non-hydrogen) atoms. The van der Waals surface area contributed by atoms with Crippen molar-refractivity contribution in [3.05, 3.63) is 36.0 Å². The third kappa shape index (κ3) is 1.78. The number of benzene rings is 1. The number of hydrogen-bond acceptors (Lipinski definition) is 2. The summed E-state index contributed by atoms with van der Waals surface area (Å²) >= 11 is 0. The second-order valence-electron chi connectivity index (χ2n) is 4.77. The van der Waals surface area contributed by atoms with E-state index in [-0.39, 0.29) is 18.6 Å². The molecule has 0 bridgehead atoms. The van der Waals surface area contributed by atoms with Gasteiger partial charge in [0.1, 0.15) is 6.10 Å². The van der Waals surface area contributed by atoms with Crippen molar-refractivity contribution < 1.29 is 14.6 Å².